The Morgan fingerprint density at radius 2 is 1.78 bits per heavy atom. The number of hydrogen-bond donors (Lipinski definition) is 3. The number of fused-ring (bicyclic) bond motifs is 1. The highest BCUT2D eigenvalue weighted by atomic mass is 16.5. The van der Waals surface area contributed by atoms with Gasteiger partial charge in [-0.1, -0.05) is 35.9 Å². The molecule has 0 saturated heterocycles. The third-order valence-electron chi connectivity index (χ3n) is 6.04. The maximum Gasteiger partial charge on any atom is 0.237 e. The molecule has 1 heterocycles. The largest absolute Gasteiger partial charge is 0.457 e. The van der Waals surface area contributed by atoms with Crippen LogP contribution in [0.3, 0.4) is 0 Å². The van der Waals surface area contributed by atoms with Gasteiger partial charge in [-0.3, -0.25) is 4.79 Å². The summed E-state index contributed by atoms with van der Waals surface area (Å²) in [5, 5.41) is 6.59. The highest BCUT2D eigenvalue weighted by molar-refractivity contribution is 5.82. The van der Waals surface area contributed by atoms with Crippen LogP contribution in [0.4, 0.5) is 5.69 Å². The van der Waals surface area contributed by atoms with Gasteiger partial charge in [0.05, 0.1) is 12.1 Å². The summed E-state index contributed by atoms with van der Waals surface area (Å²) in [6.45, 7) is 7.04. The number of aryl methyl sites for hydroxylation is 3. The third kappa shape index (κ3) is 4.94. The predicted octanol–water partition coefficient (Wildman–Crippen LogP) is 4.95. The van der Waals surface area contributed by atoms with Crippen LogP contribution in [0.1, 0.15) is 40.3 Å². The molecule has 3 aromatic carbocycles. The summed E-state index contributed by atoms with van der Waals surface area (Å²) in [7, 11) is 0. The first-order valence-electron chi connectivity index (χ1n) is 11.1. The van der Waals surface area contributed by atoms with Crippen LogP contribution in [-0.2, 0) is 11.2 Å². The van der Waals surface area contributed by atoms with Crippen molar-refractivity contribution in [3.05, 3.63) is 88.5 Å². The van der Waals surface area contributed by atoms with Crippen LogP contribution < -0.4 is 21.1 Å². The number of anilines is 1. The lowest BCUT2D eigenvalue weighted by Crippen LogP contribution is -2.44. The lowest BCUT2D eigenvalue weighted by molar-refractivity contribution is -0.123. The van der Waals surface area contributed by atoms with E-state index in [0.717, 1.165) is 41.3 Å². The van der Waals surface area contributed by atoms with Gasteiger partial charge >= 0.3 is 0 Å². The Balaban J connectivity index is 1.48. The van der Waals surface area contributed by atoms with Crippen molar-refractivity contribution in [2.75, 3.05) is 11.9 Å². The van der Waals surface area contributed by atoms with Gasteiger partial charge in [0.15, 0.2) is 0 Å². The summed E-state index contributed by atoms with van der Waals surface area (Å²) in [6, 6.07) is 19.2. The lowest BCUT2D eigenvalue weighted by atomic mass is 9.93. The summed E-state index contributed by atoms with van der Waals surface area (Å²) in [4.78, 5) is 13.0. The van der Waals surface area contributed by atoms with Gasteiger partial charge in [0.2, 0.25) is 5.91 Å². The van der Waals surface area contributed by atoms with E-state index in [1.807, 2.05) is 48.5 Å². The molecule has 1 aliphatic rings. The number of benzene rings is 3. The molecule has 0 bridgehead atoms. The molecule has 166 valence electrons. The third-order valence-corrected chi connectivity index (χ3v) is 6.04. The van der Waals surface area contributed by atoms with Crippen molar-refractivity contribution in [2.24, 2.45) is 5.73 Å². The minimum atomic E-state index is -0.600. The molecule has 0 aliphatic carbocycles. The van der Waals surface area contributed by atoms with Crippen LogP contribution in [0, 0.1) is 20.8 Å². The molecule has 0 aromatic heterocycles. The van der Waals surface area contributed by atoms with Gasteiger partial charge in [-0.15, -0.1) is 0 Å². The quantitative estimate of drug-likeness (QED) is 0.518. The van der Waals surface area contributed by atoms with Crippen LogP contribution in [0.25, 0.3) is 0 Å². The van der Waals surface area contributed by atoms with E-state index in [0.29, 0.717) is 6.42 Å². The fourth-order valence-corrected chi connectivity index (χ4v) is 4.46. The molecule has 4 rings (SSSR count). The number of ether oxygens (including phenoxy) is 1. The van der Waals surface area contributed by atoms with Gasteiger partial charge in [-0.25, -0.2) is 0 Å². The molecular formula is C27H31N3O2. The monoisotopic (exact) mass is 429 g/mol. The molecule has 4 N–H and O–H groups in total. The Morgan fingerprint density at radius 3 is 2.50 bits per heavy atom. The van der Waals surface area contributed by atoms with E-state index in [1.54, 1.807) is 0 Å². The van der Waals surface area contributed by atoms with Gasteiger partial charge in [0.25, 0.3) is 0 Å². The van der Waals surface area contributed by atoms with Gasteiger partial charge < -0.3 is 21.1 Å². The van der Waals surface area contributed by atoms with Crippen LogP contribution in [0.15, 0.2) is 60.7 Å². The minimum Gasteiger partial charge on any atom is -0.457 e. The standard InChI is InChI=1S/C27H31N3O2/c1-17-13-18(2)22(19(3)14-17)16-24(28)27(31)30-26-11-12-29-25-10-9-21(15-23(25)26)32-20-7-5-4-6-8-20/h4-10,13-15,24,26,29H,11-12,16,28H2,1-3H3,(H,30,31). The first kappa shape index (κ1) is 21.9. The number of carbonyl (C=O) groups is 1. The number of amides is 1. The topological polar surface area (TPSA) is 76.4 Å². The van der Waals surface area contributed by atoms with E-state index < -0.39 is 6.04 Å². The maximum absolute atomic E-state index is 13.0. The minimum absolute atomic E-state index is 0.107. The SMILES string of the molecule is Cc1cc(C)c(CC(N)C(=O)NC2CCNc3ccc(Oc4ccccc4)cc32)c(C)c1. The second-order valence-electron chi connectivity index (χ2n) is 8.63. The summed E-state index contributed by atoms with van der Waals surface area (Å²) < 4.78 is 5.99. The van der Waals surface area contributed by atoms with Gasteiger partial charge in [0, 0.05) is 17.8 Å². The van der Waals surface area contributed by atoms with Crippen molar-refractivity contribution < 1.29 is 9.53 Å². The molecule has 5 heteroatoms. The zero-order chi connectivity index (χ0) is 22.7. The zero-order valence-corrected chi connectivity index (χ0v) is 18.9. The highest BCUT2D eigenvalue weighted by Crippen LogP contribution is 2.34. The van der Waals surface area contributed by atoms with Crippen LogP contribution >= 0.6 is 0 Å². The lowest BCUT2D eigenvalue weighted by Gasteiger charge is -2.29. The average molecular weight is 430 g/mol. The zero-order valence-electron chi connectivity index (χ0n) is 18.9. The van der Waals surface area contributed by atoms with E-state index >= 15 is 0 Å². The van der Waals surface area contributed by atoms with Crippen molar-refractivity contribution in [1.82, 2.24) is 5.32 Å². The second-order valence-corrected chi connectivity index (χ2v) is 8.63. The molecule has 0 fully saturated rings. The summed E-state index contributed by atoms with van der Waals surface area (Å²) in [5.41, 5.74) is 13.1. The normalized spacial score (nSPS) is 15.9. The molecule has 0 saturated carbocycles. The van der Waals surface area contributed by atoms with Crippen molar-refractivity contribution in [2.45, 2.75) is 45.7 Å². The van der Waals surface area contributed by atoms with E-state index in [1.165, 1.54) is 16.7 Å². The highest BCUT2D eigenvalue weighted by Gasteiger charge is 2.25. The fraction of sp³-hybridized carbons (Fsp3) is 0.296. The van der Waals surface area contributed by atoms with E-state index in [-0.39, 0.29) is 11.9 Å². The summed E-state index contributed by atoms with van der Waals surface area (Å²) in [5.74, 6) is 1.40. The van der Waals surface area contributed by atoms with Crippen LogP contribution in [0.5, 0.6) is 11.5 Å². The smallest absolute Gasteiger partial charge is 0.237 e. The molecule has 2 atom stereocenters. The number of nitrogens with one attached hydrogen (secondary N) is 2. The van der Waals surface area contributed by atoms with Crippen molar-refractivity contribution in [3.63, 3.8) is 0 Å². The van der Waals surface area contributed by atoms with Crippen molar-refractivity contribution >= 4 is 11.6 Å². The molecule has 32 heavy (non-hydrogen) atoms. The first-order valence-corrected chi connectivity index (χ1v) is 11.1. The van der Waals surface area contributed by atoms with Gasteiger partial charge in [0.1, 0.15) is 11.5 Å². The summed E-state index contributed by atoms with van der Waals surface area (Å²) in [6.07, 6.45) is 1.32. The molecule has 0 spiro atoms. The number of hydrogen-bond acceptors (Lipinski definition) is 4. The van der Waals surface area contributed by atoms with Gasteiger partial charge in [-0.05, 0) is 80.6 Å². The second kappa shape index (κ2) is 9.45. The van der Waals surface area contributed by atoms with E-state index in [9.17, 15) is 4.79 Å². The Hall–Kier alpha value is -3.31. The Morgan fingerprint density at radius 1 is 1.06 bits per heavy atom. The molecular weight excluding hydrogens is 398 g/mol. The molecule has 3 aromatic rings. The van der Waals surface area contributed by atoms with Crippen molar-refractivity contribution in [3.8, 4) is 11.5 Å². The first-order chi connectivity index (χ1) is 15.4. The Labute approximate surface area is 190 Å². The van der Waals surface area contributed by atoms with Gasteiger partial charge in [-0.2, -0.15) is 0 Å². The number of carbonyl (C=O) groups excluding carboxylic acids is 1. The molecule has 1 amide bonds. The molecule has 2 unspecified atom stereocenters. The number of nitrogens with two attached hydrogens (primary N) is 1. The van der Waals surface area contributed by atoms with E-state index in [2.05, 4.69) is 43.5 Å². The number of rotatable bonds is 6. The van der Waals surface area contributed by atoms with Crippen LogP contribution in [-0.4, -0.2) is 18.5 Å². The van der Waals surface area contributed by atoms with E-state index in [4.69, 9.17) is 10.5 Å². The molecule has 0 radical (unpaired) electrons. The predicted molar refractivity (Wildman–Crippen MR) is 129 cm³/mol. The van der Waals surface area contributed by atoms with Crippen molar-refractivity contribution in [1.29, 1.82) is 0 Å². The maximum atomic E-state index is 13.0. The van der Waals surface area contributed by atoms with Crippen LogP contribution in [0.2, 0.25) is 0 Å². The molecule has 5 nitrogen and oxygen atoms in total. The molecule has 1 aliphatic heterocycles. The number of para-hydroxylation sites is 1. The Kier molecular flexibility index (Phi) is 6.47. The average Bonchev–Trinajstić information content (AvgIpc) is 2.77. The fourth-order valence-electron chi connectivity index (χ4n) is 4.46. The Bertz CT molecular complexity index is 1090. The summed E-state index contributed by atoms with van der Waals surface area (Å²) >= 11 is 0.